The summed E-state index contributed by atoms with van der Waals surface area (Å²) in [6, 6.07) is 10.7. The van der Waals surface area contributed by atoms with Gasteiger partial charge in [0.05, 0.1) is 10.8 Å². The molecular weight excluding hydrogens is 344 g/mol. The van der Waals surface area contributed by atoms with Crippen LogP contribution < -0.4 is 10.6 Å². The second-order valence-electron chi connectivity index (χ2n) is 6.83. The van der Waals surface area contributed by atoms with Crippen molar-refractivity contribution in [1.29, 1.82) is 0 Å². The number of nitrogens with one attached hydrogen (secondary N) is 2. The molecule has 1 aromatic carbocycles. The van der Waals surface area contributed by atoms with E-state index in [1.54, 1.807) is 0 Å². The largest absolute Gasteiger partial charge is 0.357 e. The minimum absolute atomic E-state index is 0.554. The van der Waals surface area contributed by atoms with E-state index in [9.17, 15) is 4.21 Å². The molecule has 2 N–H and O–H groups in total. The summed E-state index contributed by atoms with van der Waals surface area (Å²) >= 11 is 0. The third-order valence-corrected chi connectivity index (χ3v) is 5.47. The monoisotopic (exact) mass is 380 g/mol. The quantitative estimate of drug-likeness (QED) is 0.352. The van der Waals surface area contributed by atoms with Crippen molar-refractivity contribution in [1.82, 2.24) is 15.5 Å². The molecule has 6 heteroatoms. The van der Waals surface area contributed by atoms with Gasteiger partial charge in [0.15, 0.2) is 5.96 Å². The van der Waals surface area contributed by atoms with E-state index in [1.807, 2.05) is 30.3 Å². The molecule has 0 saturated heterocycles. The highest BCUT2D eigenvalue weighted by Gasteiger charge is 2.12. The third-order valence-electron chi connectivity index (χ3n) is 4.10. The van der Waals surface area contributed by atoms with E-state index in [0.29, 0.717) is 24.4 Å². The first kappa shape index (κ1) is 22.6. The summed E-state index contributed by atoms with van der Waals surface area (Å²) in [6.07, 6.45) is 1.03. The van der Waals surface area contributed by atoms with Gasteiger partial charge in [0.2, 0.25) is 0 Å². The van der Waals surface area contributed by atoms with Gasteiger partial charge in [0.1, 0.15) is 0 Å². The number of hydrogen-bond donors (Lipinski definition) is 2. The van der Waals surface area contributed by atoms with Crippen molar-refractivity contribution in [3.8, 4) is 0 Å². The Morgan fingerprint density at radius 1 is 1.12 bits per heavy atom. The lowest BCUT2D eigenvalue weighted by Crippen LogP contribution is -2.40. The van der Waals surface area contributed by atoms with Crippen molar-refractivity contribution in [2.45, 2.75) is 58.0 Å². The van der Waals surface area contributed by atoms with Gasteiger partial charge < -0.3 is 10.6 Å². The van der Waals surface area contributed by atoms with Gasteiger partial charge >= 0.3 is 0 Å². The molecule has 148 valence electrons. The molecule has 0 fully saturated rings. The van der Waals surface area contributed by atoms with Crippen LogP contribution in [0.5, 0.6) is 0 Å². The lowest BCUT2D eigenvalue weighted by molar-refractivity contribution is 0.174. The zero-order valence-electron chi connectivity index (χ0n) is 17.0. The van der Waals surface area contributed by atoms with Gasteiger partial charge in [0, 0.05) is 48.9 Å². The van der Waals surface area contributed by atoms with Crippen molar-refractivity contribution in [2.75, 3.05) is 31.9 Å². The maximum absolute atomic E-state index is 12.3. The predicted molar refractivity (Wildman–Crippen MR) is 113 cm³/mol. The molecule has 0 aromatic heterocycles. The summed E-state index contributed by atoms with van der Waals surface area (Å²) in [5, 5.41) is 6.54. The molecule has 0 saturated carbocycles. The first-order valence-corrected chi connectivity index (χ1v) is 11.0. The normalized spacial score (nSPS) is 13.5. The minimum atomic E-state index is -0.980. The Morgan fingerprint density at radius 3 is 2.35 bits per heavy atom. The fraction of sp³-hybridized carbons (Fsp3) is 0.650. The minimum Gasteiger partial charge on any atom is -0.357 e. The summed E-state index contributed by atoms with van der Waals surface area (Å²) in [5.74, 6) is 1.38. The van der Waals surface area contributed by atoms with Crippen molar-refractivity contribution in [2.24, 2.45) is 4.99 Å². The highest BCUT2D eigenvalue weighted by Crippen LogP contribution is 2.06. The third kappa shape index (κ3) is 8.81. The van der Waals surface area contributed by atoms with Gasteiger partial charge in [-0.1, -0.05) is 18.2 Å². The number of guanidine groups is 1. The molecule has 1 atom stereocenters. The van der Waals surface area contributed by atoms with Crippen LogP contribution in [0.4, 0.5) is 0 Å². The Morgan fingerprint density at radius 2 is 1.77 bits per heavy atom. The molecule has 0 aliphatic carbocycles. The lowest BCUT2D eigenvalue weighted by atomic mass is 10.2. The molecule has 1 unspecified atom stereocenters. The van der Waals surface area contributed by atoms with E-state index < -0.39 is 10.8 Å². The lowest BCUT2D eigenvalue weighted by Gasteiger charge is -2.30. The Balaban J connectivity index is 2.40. The summed E-state index contributed by atoms with van der Waals surface area (Å²) in [7, 11) is -0.980. The SMILES string of the molecule is CCNC(=NCCCN(C(C)C)C(C)C)NCCS(=O)c1ccccc1. The Hall–Kier alpha value is -1.40. The first-order chi connectivity index (χ1) is 12.5. The average molecular weight is 381 g/mol. The van der Waals surface area contributed by atoms with Crippen LogP contribution in [0.15, 0.2) is 40.2 Å². The first-order valence-electron chi connectivity index (χ1n) is 9.67. The van der Waals surface area contributed by atoms with Crippen molar-refractivity contribution < 1.29 is 4.21 Å². The highest BCUT2D eigenvalue weighted by molar-refractivity contribution is 7.85. The molecule has 0 aliphatic heterocycles. The Labute approximate surface area is 162 Å². The summed E-state index contributed by atoms with van der Waals surface area (Å²) in [4.78, 5) is 8.00. The van der Waals surface area contributed by atoms with Gasteiger partial charge in [0.25, 0.3) is 0 Å². The van der Waals surface area contributed by atoms with Gasteiger partial charge in [-0.3, -0.25) is 14.1 Å². The van der Waals surface area contributed by atoms with Crippen LogP contribution in [0.1, 0.15) is 41.0 Å². The number of benzene rings is 1. The molecule has 0 heterocycles. The smallest absolute Gasteiger partial charge is 0.191 e. The predicted octanol–water partition coefficient (Wildman–Crippen LogP) is 2.86. The topological polar surface area (TPSA) is 56.7 Å². The zero-order valence-corrected chi connectivity index (χ0v) is 17.8. The van der Waals surface area contributed by atoms with Crippen LogP contribution in [0.3, 0.4) is 0 Å². The Kier molecular flexibility index (Phi) is 11.2. The molecule has 0 amide bonds. The molecule has 1 aromatic rings. The average Bonchev–Trinajstić information content (AvgIpc) is 2.61. The number of nitrogens with zero attached hydrogens (tertiary/aromatic N) is 2. The van der Waals surface area contributed by atoms with Gasteiger partial charge in [-0.2, -0.15) is 0 Å². The van der Waals surface area contributed by atoms with E-state index in [2.05, 4.69) is 55.1 Å². The van der Waals surface area contributed by atoms with Gasteiger partial charge in [-0.15, -0.1) is 0 Å². The molecule has 5 nitrogen and oxygen atoms in total. The van der Waals surface area contributed by atoms with Crippen LogP contribution in [-0.2, 0) is 10.8 Å². The molecule has 1 rings (SSSR count). The van der Waals surface area contributed by atoms with Crippen LogP contribution in [-0.4, -0.2) is 59.1 Å². The van der Waals surface area contributed by atoms with E-state index in [0.717, 1.165) is 36.9 Å². The molecule has 26 heavy (non-hydrogen) atoms. The molecule has 0 radical (unpaired) electrons. The second kappa shape index (κ2) is 12.9. The zero-order chi connectivity index (χ0) is 19.4. The standard InChI is InChI=1S/C20H36N4OS/c1-6-21-20(22-13-10-15-24(17(2)3)18(4)5)23-14-16-26(25)19-11-8-7-9-12-19/h7-9,11-12,17-18H,6,10,13-16H2,1-5H3,(H2,21,22,23). The van der Waals surface area contributed by atoms with Crippen LogP contribution >= 0.6 is 0 Å². The van der Waals surface area contributed by atoms with Gasteiger partial charge in [-0.25, -0.2) is 0 Å². The van der Waals surface area contributed by atoms with Crippen LogP contribution in [0.2, 0.25) is 0 Å². The highest BCUT2D eigenvalue weighted by atomic mass is 32.2. The number of hydrogen-bond acceptors (Lipinski definition) is 3. The summed E-state index contributed by atoms with van der Waals surface area (Å²) in [6.45, 7) is 14.3. The van der Waals surface area contributed by atoms with Crippen molar-refractivity contribution in [3.63, 3.8) is 0 Å². The van der Waals surface area contributed by atoms with E-state index in [1.165, 1.54) is 0 Å². The maximum Gasteiger partial charge on any atom is 0.191 e. The Bertz CT molecular complexity index is 538. The van der Waals surface area contributed by atoms with E-state index >= 15 is 0 Å². The maximum atomic E-state index is 12.3. The number of rotatable bonds is 11. The molecular formula is C20H36N4OS. The van der Waals surface area contributed by atoms with Gasteiger partial charge in [-0.05, 0) is 53.2 Å². The molecule has 0 aliphatic rings. The van der Waals surface area contributed by atoms with Crippen molar-refractivity contribution in [3.05, 3.63) is 30.3 Å². The molecule has 0 bridgehead atoms. The summed E-state index contributed by atoms with van der Waals surface area (Å²) < 4.78 is 12.3. The van der Waals surface area contributed by atoms with E-state index in [4.69, 9.17) is 0 Å². The molecule has 0 spiro atoms. The van der Waals surface area contributed by atoms with Crippen LogP contribution in [0.25, 0.3) is 0 Å². The second-order valence-corrected chi connectivity index (χ2v) is 8.40. The summed E-state index contributed by atoms with van der Waals surface area (Å²) in [5.41, 5.74) is 0. The van der Waals surface area contributed by atoms with Crippen LogP contribution in [0, 0.1) is 0 Å². The van der Waals surface area contributed by atoms with Crippen molar-refractivity contribution >= 4 is 16.8 Å². The number of aliphatic imine (C=N–C) groups is 1. The fourth-order valence-electron chi connectivity index (χ4n) is 2.85. The fourth-order valence-corrected chi connectivity index (χ4v) is 3.83. The van der Waals surface area contributed by atoms with E-state index in [-0.39, 0.29) is 0 Å².